The topological polar surface area (TPSA) is 32.3 Å². The number of nitrogens with zero attached hydrogens (tertiary/aromatic N) is 1. The first-order valence-electron chi connectivity index (χ1n) is 7.04. The number of benzene rings is 2. The highest BCUT2D eigenvalue weighted by molar-refractivity contribution is 5.89. The van der Waals surface area contributed by atoms with E-state index in [2.05, 4.69) is 17.4 Å². The highest BCUT2D eigenvalue weighted by atomic mass is 16.2. The predicted octanol–water partition coefficient (Wildman–Crippen LogP) is 3.98. The summed E-state index contributed by atoms with van der Waals surface area (Å²) in [6.45, 7) is 1.74. The minimum Gasteiger partial charge on any atom is -0.325 e. The summed E-state index contributed by atoms with van der Waals surface area (Å²) in [6.07, 6.45) is 2.22. The zero-order valence-corrected chi connectivity index (χ0v) is 11.4. The second-order valence-electron chi connectivity index (χ2n) is 5.07. The van der Waals surface area contributed by atoms with E-state index in [0.717, 1.165) is 37.2 Å². The highest BCUT2D eigenvalue weighted by Gasteiger charge is 2.17. The molecule has 1 heterocycles. The number of hydrogen-bond acceptors (Lipinski definition) is 1. The standard InChI is InChI=1S/C17H18N2O/c20-17(19-12-4-5-13-19)18-16-10-8-15(9-11-16)14-6-2-1-3-7-14/h1-3,6-11H,4-5,12-13H2,(H,18,20). The first kappa shape index (κ1) is 12.7. The van der Waals surface area contributed by atoms with Gasteiger partial charge in [-0.2, -0.15) is 0 Å². The third-order valence-electron chi connectivity index (χ3n) is 3.64. The van der Waals surface area contributed by atoms with Crippen molar-refractivity contribution in [2.24, 2.45) is 0 Å². The zero-order chi connectivity index (χ0) is 13.8. The molecule has 1 aliphatic rings. The van der Waals surface area contributed by atoms with E-state index >= 15 is 0 Å². The van der Waals surface area contributed by atoms with Gasteiger partial charge in [-0.05, 0) is 36.1 Å². The maximum atomic E-state index is 12.0. The molecule has 0 aromatic heterocycles. The van der Waals surface area contributed by atoms with Gasteiger partial charge in [-0.25, -0.2) is 4.79 Å². The minimum atomic E-state index is 0.00922. The second kappa shape index (κ2) is 5.78. The number of hydrogen-bond donors (Lipinski definition) is 1. The number of amides is 2. The average Bonchev–Trinajstić information content (AvgIpc) is 3.03. The fourth-order valence-electron chi connectivity index (χ4n) is 2.50. The van der Waals surface area contributed by atoms with Gasteiger partial charge in [-0.15, -0.1) is 0 Å². The smallest absolute Gasteiger partial charge is 0.321 e. The number of anilines is 1. The fourth-order valence-corrected chi connectivity index (χ4v) is 2.50. The van der Waals surface area contributed by atoms with E-state index in [1.807, 2.05) is 47.4 Å². The van der Waals surface area contributed by atoms with Crippen molar-refractivity contribution in [3.8, 4) is 11.1 Å². The molecule has 0 bridgehead atoms. The molecule has 0 aliphatic carbocycles. The normalized spacial score (nSPS) is 14.3. The van der Waals surface area contributed by atoms with Gasteiger partial charge in [0.05, 0.1) is 0 Å². The Bertz CT molecular complexity index is 572. The van der Waals surface area contributed by atoms with Crippen molar-refractivity contribution in [3.05, 3.63) is 54.6 Å². The van der Waals surface area contributed by atoms with Gasteiger partial charge in [0.15, 0.2) is 0 Å². The predicted molar refractivity (Wildman–Crippen MR) is 81.7 cm³/mol. The van der Waals surface area contributed by atoms with Crippen LogP contribution in [0.3, 0.4) is 0 Å². The van der Waals surface area contributed by atoms with E-state index in [0.29, 0.717) is 0 Å². The average molecular weight is 266 g/mol. The molecule has 3 rings (SSSR count). The van der Waals surface area contributed by atoms with Gasteiger partial charge in [0.1, 0.15) is 0 Å². The lowest BCUT2D eigenvalue weighted by molar-refractivity contribution is 0.222. The SMILES string of the molecule is O=C(Nc1ccc(-c2ccccc2)cc1)N1CCCC1. The number of nitrogens with one attached hydrogen (secondary N) is 1. The van der Waals surface area contributed by atoms with Gasteiger partial charge in [-0.1, -0.05) is 42.5 Å². The minimum absolute atomic E-state index is 0.00922. The number of carbonyl (C=O) groups is 1. The number of likely N-dealkylation sites (tertiary alicyclic amines) is 1. The molecule has 3 nitrogen and oxygen atoms in total. The van der Waals surface area contributed by atoms with E-state index in [4.69, 9.17) is 0 Å². The summed E-state index contributed by atoms with van der Waals surface area (Å²) in [6, 6.07) is 18.2. The van der Waals surface area contributed by atoms with E-state index in [9.17, 15) is 4.79 Å². The number of urea groups is 1. The van der Waals surface area contributed by atoms with Crippen LogP contribution in [-0.2, 0) is 0 Å². The Balaban J connectivity index is 1.68. The monoisotopic (exact) mass is 266 g/mol. The van der Waals surface area contributed by atoms with Crippen LogP contribution in [0, 0.1) is 0 Å². The van der Waals surface area contributed by atoms with Crippen molar-refractivity contribution < 1.29 is 4.79 Å². The second-order valence-corrected chi connectivity index (χ2v) is 5.07. The molecular formula is C17H18N2O. The molecule has 2 amide bonds. The molecule has 2 aromatic rings. The molecule has 1 fully saturated rings. The Kier molecular flexibility index (Phi) is 3.68. The van der Waals surface area contributed by atoms with Crippen molar-refractivity contribution in [2.75, 3.05) is 18.4 Å². The Morgan fingerprint density at radius 2 is 1.45 bits per heavy atom. The maximum Gasteiger partial charge on any atom is 0.321 e. The van der Waals surface area contributed by atoms with Crippen molar-refractivity contribution in [1.29, 1.82) is 0 Å². The number of carbonyl (C=O) groups excluding carboxylic acids is 1. The third kappa shape index (κ3) is 2.82. The molecular weight excluding hydrogens is 248 g/mol. The van der Waals surface area contributed by atoms with Gasteiger partial charge >= 0.3 is 6.03 Å². The van der Waals surface area contributed by atoms with E-state index in [1.54, 1.807) is 0 Å². The van der Waals surface area contributed by atoms with Gasteiger partial charge in [-0.3, -0.25) is 0 Å². The Morgan fingerprint density at radius 3 is 2.10 bits per heavy atom. The van der Waals surface area contributed by atoms with E-state index < -0.39 is 0 Å². The summed E-state index contributed by atoms with van der Waals surface area (Å²) < 4.78 is 0. The number of rotatable bonds is 2. The first-order chi connectivity index (χ1) is 9.83. The third-order valence-corrected chi connectivity index (χ3v) is 3.64. The molecule has 1 N–H and O–H groups in total. The zero-order valence-electron chi connectivity index (χ0n) is 11.4. The van der Waals surface area contributed by atoms with Crippen LogP contribution in [0.2, 0.25) is 0 Å². The molecule has 2 aromatic carbocycles. The first-order valence-corrected chi connectivity index (χ1v) is 7.04. The summed E-state index contributed by atoms with van der Waals surface area (Å²) >= 11 is 0. The molecule has 1 saturated heterocycles. The highest BCUT2D eigenvalue weighted by Crippen LogP contribution is 2.21. The van der Waals surface area contributed by atoms with Crippen LogP contribution >= 0.6 is 0 Å². The summed E-state index contributed by atoms with van der Waals surface area (Å²) in [5, 5.41) is 2.95. The molecule has 0 spiro atoms. The van der Waals surface area contributed by atoms with Gasteiger partial charge in [0, 0.05) is 18.8 Å². The van der Waals surface area contributed by atoms with Crippen LogP contribution in [0.1, 0.15) is 12.8 Å². The van der Waals surface area contributed by atoms with Gasteiger partial charge < -0.3 is 10.2 Å². The van der Waals surface area contributed by atoms with Crippen LogP contribution in [0.25, 0.3) is 11.1 Å². The maximum absolute atomic E-state index is 12.0. The fraction of sp³-hybridized carbons (Fsp3) is 0.235. The molecule has 20 heavy (non-hydrogen) atoms. The largest absolute Gasteiger partial charge is 0.325 e. The van der Waals surface area contributed by atoms with Crippen LogP contribution in [0.5, 0.6) is 0 Å². The molecule has 0 saturated carbocycles. The van der Waals surface area contributed by atoms with Crippen molar-refractivity contribution in [1.82, 2.24) is 4.90 Å². The molecule has 1 aliphatic heterocycles. The van der Waals surface area contributed by atoms with Crippen LogP contribution in [0.15, 0.2) is 54.6 Å². The van der Waals surface area contributed by atoms with Crippen molar-refractivity contribution >= 4 is 11.7 Å². The molecule has 0 unspecified atom stereocenters. The summed E-state index contributed by atoms with van der Waals surface area (Å²) in [5.41, 5.74) is 3.19. The molecule has 0 radical (unpaired) electrons. The van der Waals surface area contributed by atoms with Gasteiger partial charge in [0.25, 0.3) is 0 Å². The van der Waals surface area contributed by atoms with Crippen molar-refractivity contribution in [2.45, 2.75) is 12.8 Å². The summed E-state index contributed by atoms with van der Waals surface area (Å²) in [7, 11) is 0. The summed E-state index contributed by atoms with van der Waals surface area (Å²) in [4.78, 5) is 13.9. The quantitative estimate of drug-likeness (QED) is 0.876. The van der Waals surface area contributed by atoms with Crippen molar-refractivity contribution in [3.63, 3.8) is 0 Å². The Morgan fingerprint density at radius 1 is 0.850 bits per heavy atom. The van der Waals surface area contributed by atoms with Gasteiger partial charge in [0.2, 0.25) is 0 Å². The molecule has 102 valence electrons. The summed E-state index contributed by atoms with van der Waals surface area (Å²) in [5.74, 6) is 0. The van der Waals surface area contributed by atoms with E-state index in [-0.39, 0.29) is 6.03 Å². The van der Waals surface area contributed by atoms with Crippen LogP contribution in [0.4, 0.5) is 10.5 Å². The lowest BCUT2D eigenvalue weighted by Gasteiger charge is -2.16. The van der Waals surface area contributed by atoms with Crippen LogP contribution < -0.4 is 5.32 Å². The Hall–Kier alpha value is -2.29. The molecule has 0 atom stereocenters. The Labute approximate surface area is 119 Å². The lowest BCUT2D eigenvalue weighted by Crippen LogP contribution is -2.32. The lowest BCUT2D eigenvalue weighted by atomic mass is 10.1. The molecule has 3 heteroatoms. The van der Waals surface area contributed by atoms with Crippen LogP contribution in [-0.4, -0.2) is 24.0 Å². The van der Waals surface area contributed by atoms with E-state index in [1.165, 1.54) is 5.56 Å².